The highest BCUT2D eigenvalue weighted by atomic mass is 32.1. The number of rotatable bonds is 7. The Kier molecular flexibility index (Phi) is 6.11. The van der Waals surface area contributed by atoms with Crippen LogP contribution in [-0.4, -0.2) is 25.1 Å². The molecule has 4 rings (SSSR count). The third kappa shape index (κ3) is 4.08. The molecule has 1 N–H and O–H groups in total. The Hall–Kier alpha value is -3.16. The minimum Gasteiger partial charge on any atom is -0.493 e. The molecule has 0 saturated heterocycles. The summed E-state index contributed by atoms with van der Waals surface area (Å²) in [5.41, 5.74) is 2.19. The van der Waals surface area contributed by atoms with Crippen molar-refractivity contribution in [2.24, 2.45) is 0 Å². The molecule has 0 bridgehead atoms. The third-order valence-corrected chi connectivity index (χ3v) is 6.42. The molecule has 0 fully saturated rings. The van der Waals surface area contributed by atoms with E-state index in [1.165, 1.54) is 11.3 Å². The highest BCUT2D eigenvalue weighted by Crippen LogP contribution is 2.39. The van der Waals surface area contributed by atoms with Gasteiger partial charge in [-0.3, -0.25) is 4.79 Å². The lowest BCUT2D eigenvalue weighted by atomic mass is 10.1. The van der Waals surface area contributed by atoms with Gasteiger partial charge in [0.2, 0.25) is 0 Å². The van der Waals surface area contributed by atoms with Gasteiger partial charge in [-0.05, 0) is 29.1 Å². The van der Waals surface area contributed by atoms with Gasteiger partial charge in [0.05, 0.1) is 25.8 Å². The number of thiophene rings is 1. The molecule has 0 aliphatic carbocycles. The van der Waals surface area contributed by atoms with Crippen LogP contribution in [-0.2, 0) is 0 Å². The second kappa shape index (κ2) is 9.11. The Morgan fingerprint density at radius 2 is 1.80 bits per heavy atom. The van der Waals surface area contributed by atoms with E-state index in [0.717, 1.165) is 16.0 Å². The minimum atomic E-state index is -0.227. The van der Waals surface area contributed by atoms with E-state index in [1.807, 2.05) is 66.0 Å². The predicted molar refractivity (Wildman–Crippen MR) is 121 cm³/mol. The van der Waals surface area contributed by atoms with Crippen LogP contribution in [0.5, 0.6) is 11.5 Å². The zero-order valence-electron chi connectivity index (χ0n) is 16.5. The number of benzene rings is 2. The number of thiazole rings is 1. The lowest BCUT2D eigenvalue weighted by molar-refractivity contribution is 0.0939. The smallest absolute Gasteiger partial charge is 0.271 e. The van der Waals surface area contributed by atoms with Gasteiger partial charge < -0.3 is 14.8 Å². The summed E-state index contributed by atoms with van der Waals surface area (Å²) in [5.74, 6) is 1.00. The average molecular weight is 437 g/mol. The molecule has 0 saturated carbocycles. The number of carbonyl (C=O) groups is 1. The van der Waals surface area contributed by atoms with Crippen molar-refractivity contribution in [1.82, 2.24) is 10.3 Å². The second-order valence-electron chi connectivity index (χ2n) is 6.41. The fraction of sp³-hybridized carbons (Fsp3) is 0.130. The molecule has 2 heterocycles. The van der Waals surface area contributed by atoms with E-state index in [2.05, 4.69) is 10.3 Å². The van der Waals surface area contributed by atoms with Gasteiger partial charge in [-0.15, -0.1) is 22.7 Å². The molecule has 4 aromatic rings. The zero-order chi connectivity index (χ0) is 20.9. The summed E-state index contributed by atoms with van der Waals surface area (Å²) in [6.45, 7) is 0. The van der Waals surface area contributed by atoms with E-state index >= 15 is 0 Å². The topological polar surface area (TPSA) is 60.5 Å². The molecule has 30 heavy (non-hydrogen) atoms. The molecule has 1 amide bonds. The maximum atomic E-state index is 13.0. The van der Waals surface area contributed by atoms with Gasteiger partial charge in [0.25, 0.3) is 5.91 Å². The summed E-state index contributed by atoms with van der Waals surface area (Å²) in [6, 6.07) is 19.3. The number of ether oxygens (including phenoxy) is 2. The largest absolute Gasteiger partial charge is 0.493 e. The first-order valence-electron chi connectivity index (χ1n) is 9.27. The second-order valence-corrected chi connectivity index (χ2v) is 8.25. The first kappa shape index (κ1) is 20.1. The summed E-state index contributed by atoms with van der Waals surface area (Å²) >= 11 is 3.01. The number of para-hydroxylation sites is 1. The minimum absolute atomic E-state index is 0.221. The first-order chi connectivity index (χ1) is 14.7. The molecule has 2 aromatic carbocycles. The average Bonchev–Trinajstić information content (AvgIpc) is 3.50. The summed E-state index contributed by atoms with van der Waals surface area (Å²) in [6.07, 6.45) is 0. The van der Waals surface area contributed by atoms with Crippen LogP contribution in [0.3, 0.4) is 0 Å². The number of nitrogens with zero attached hydrogens (tertiary/aromatic N) is 1. The molecule has 1 atom stereocenters. The maximum Gasteiger partial charge on any atom is 0.271 e. The van der Waals surface area contributed by atoms with Gasteiger partial charge >= 0.3 is 0 Å². The molecule has 0 aliphatic rings. The lowest BCUT2D eigenvalue weighted by Gasteiger charge is -2.17. The SMILES string of the molecule is COc1cccc(-c2nc(C(=O)NC(c3ccccc3)c3cccs3)cs2)c1OC. The zero-order valence-corrected chi connectivity index (χ0v) is 18.1. The number of carbonyl (C=O) groups excluding carboxylic acids is 1. The summed E-state index contributed by atoms with van der Waals surface area (Å²) < 4.78 is 10.9. The van der Waals surface area contributed by atoms with E-state index in [-0.39, 0.29) is 11.9 Å². The first-order valence-corrected chi connectivity index (χ1v) is 11.0. The van der Waals surface area contributed by atoms with Crippen LogP contribution in [0.25, 0.3) is 10.6 Å². The van der Waals surface area contributed by atoms with Crippen LogP contribution in [0, 0.1) is 0 Å². The van der Waals surface area contributed by atoms with Crippen molar-refractivity contribution in [3.05, 3.63) is 87.6 Å². The number of amides is 1. The third-order valence-electron chi connectivity index (χ3n) is 4.61. The van der Waals surface area contributed by atoms with E-state index < -0.39 is 0 Å². The van der Waals surface area contributed by atoms with Gasteiger partial charge in [-0.2, -0.15) is 0 Å². The molecule has 1 unspecified atom stereocenters. The fourth-order valence-electron chi connectivity index (χ4n) is 3.18. The van der Waals surface area contributed by atoms with E-state index in [4.69, 9.17) is 9.47 Å². The Balaban J connectivity index is 1.61. The highest BCUT2D eigenvalue weighted by molar-refractivity contribution is 7.13. The van der Waals surface area contributed by atoms with Gasteiger partial charge in [0.15, 0.2) is 11.5 Å². The Morgan fingerprint density at radius 1 is 0.967 bits per heavy atom. The van der Waals surface area contributed by atoms with Gasteiger partial charge in [0, 0.05) is 10.3 Å². The quantitative estimate of drug-likeness (QED) is 0.421. The summed E-state index contributed by atoms with van der Waals surface area (Å²) in [5, 5.41) is 7.60. The Labute approximate surface area is 183 Å². The van der Waals surface area contributed by atoms with Crippen molar-refractivity contribution < 1.29 is 14.3 Å². The molecular weight excluding hydrogens is 416 g/mol. The summed E-state index contributed by atoms with van der Waals surface area (Å²) in [4.78, 5) is 18.7. The van der Waals surface area contributed by atoms with Crippen molar-refractivity contribution in [3.8, 4) is 22.1 Å². The Morgan fingerprint density at radius 3 is 2.50 bits per heavy atom. The maximum absolute atomic E-state index is 13.0. The van der Waals surface area contributed by atoms with Gasteiger partial charge in [0.1, 0.15) is 10.7 Å². The van der Waals surface area contributed by atoms with Crippen LogP contribution in [0.4, 0.5) is 0 Å². The predicted octanol–water partition coefficient (Wildman–Crippen LogP) is 5.41. The van der Waals surface area contributed by atoms with E-state index in [1.54, 1.807) is 30.9 Å². The fourth-order valence-corrected chi connectivity index (χ4v) is 4.81. The molecule has 152 valence electrons. The highest BCUT2D eigenvalue weighted by Gasteiger charge is 2.21. The van der Waals surface area contributed by atoms with Crippen LogP contribution in [0.15, 0.2) is 71.4 Å². The number of aromatic nitrogens is 1. The molecule has 2 aromatic heterocycles. The van der Waals surface area contributed by atoms with Crippen molar-refractivity contribution >= 4 is 28.6 Å². The van der Waals surface area contributed by atoms with Crippen LogP contribution in [0.1, 0.15) is 27.0 Å². The normalized spacial score (nSPS) is 11.7. The number of methoxy groups -OCH3 is 2. The standard InChI is InChI=1S/C23H20N2O3S2/c1-27-18-11-6-10-16(21(18)28-2)23-24-17(14-30-23)22(26)25-20(19-12-7-13-29-19)15-8-4-3-5-9-15/h3-14,20H,1-2H3,(H,25,26). The number of hydrogen-bond donors (Lipinski definition) is 1. The molecule has 7 heteroatoms. The molecule has 0 aliphatic heterocycles. The number of nitrogens with one attached hydrogen (secondary N) is 1. The van der Waals surface area contributed by atoms with Crippen molar-refractivity contribution in [2.45, 2.75) is 6.04 Å². The molecule has 5 nitrogen and oxygen atoms in total. The van der Waals surface area contributed by atoms with Gasteiger partial charge in [-0.25, -0.2) is 4.98 Å². The summed E-state index contributed by atoms with van der Waals surface area (Å²) in [7, 11) is 3.19. The van der Waals surface area contributed by atoms with Crippen LogP contribution in [0.2, 0.25) is 0 Å². The van der Waals surface area contributed by atoms with E-state index in [9.17, 15) is 4.79 Å². The van der Waals surface area contributed by atoms with Crippen molar-refractivity contribution in [3.63, 3.8) is 0 Å². The van der Waals surface area contributed by atoms with Gasteiger partial charge in [-0.1, -0.05) is 42.5 Å². The Bertz CT molecular complexity index is 1120. The molecule has 0 spiro atoms. The van der Waals surface area contributed by atoms with Crippen LogP contribution < -0.4 is 14.8 Å². The lowest BCUT2D eigenvalue weighted by Crippen LogP contribution is -2.29. The number of hydrogen-bond acceptors (Lipinski definition) is 6. The molecular formula is C23H20N2O3S2. The van der Waals surface area contributed by atoms with Crippen molar-refractivity contribution in [2.75, 3.05) is 14.2 Å². The monoisotopic (exact) mass is 436 g/mol. The van der Waals surface area contributed by atoms with Crippen molar-refractivity contribution in [1.29, 1.82) is 0 Å². The van der Waals surface area contributed by atoms with Crippen LogP contribution >= 0.6 is 22.7 Å². The van der Waals surface area contributed by atoms with E-state index in [0.29, 0.717) is 22.2 Å². The molecule has 0 radical (unpaired) electrons.